The molecule has 1 aliphatic heterocycles. The number of carbonyl (C=O) groups excluding carboxylic acids is 1. The molecule has 0 amide bonds. The number of hydrogen-bond acceptors (Lipinski definition) is 6. The van der Waals surface area contributed by atoms with Crippen LogP contribution in [0.5, 0.6) is 0 Å². The molecule has 0 bridgehead atoms. The van der Waals surface area contributed by atoms with Crippen molar-refractivity contribution < 1.29 is 23.7 Å². The fraction of sp³-hybridized carbons (Fsp3) is 0.321. The van der Waals surface area contributed by atoms with Crippen molar-refractivity contribution in [3.05, 3.63) is 102 Å². The minimum atomic E-state index is -0.636. The van der Waals surface area contributed by atoms with Crippen molar-refractivity contribution in [3.8, 4) is 0 Å². The number of hydrogen-bond donors (Lipinski definition) is 0. The molecular weight excluding hydrogens is 448 g/mol. The summed E-state index contributed by atoms with van der Waals surface area (Å²) in [5, 5.41) is 0. The number of rotatable bonds is 9. The first-order chi connectivity index (χ1) is 16.6. The van der Waals surface area contributed by atoms with Crippen molar-refractivity contribution >= 4 is 17.7 Å². The van der Waals surface area contributed by atoms with E-state index in [2.05, 4.69) is 0 Å². The summed E-state index contributed by atoms with van der Waals surface area (Å²) in [7, 11) is 0. The highest BCUT2D eigenvalue weighted by atomic mass is 32.2. The molecule has 0 N–H and O–H groups in total. The van der Waals surface area contributed by atoms with E-state index in [0.29, 0.717) is 13.2 Å². The third-order valence-electron chi connectivity index (χ3n) is 5.60. The highest BCUT2D eigenvalue weighted by Gasteiger charge is 2.48. The molecule has 5 atom stereocenters. The van der Waals surface area contributed by atoms with Gasteiger partial charge in [0.25, 0.3) is 0 Å². The van der Waals surface area contributed by atoms with Crippen LogP contribution in [0.25, 0.3) is 0 Å². The molecule has 0 radical (unpaired) electrons. The van der Waals surface area contributed by atoms with Gasteiger partial charge in [0.15, 0.2) is 6.10 Å². The predicted molar refractivity (Wildman–Crippen MR) is 132 cm³/mol. The van der Waals surface area contributed by atoms with Crippen LogP contribution < -0.4 is 0 Å². The maximum atomic E-state index is 12.1. The van der Waals surface area contributed by atoms with Gasteiger partial charge in [0.05, 0.1) is 19.3 Å². The van der Waals surface area contributed by atoms with Crippen LogP contribution in [0.4, 0.5) is 0 Å². The Labute approximate surface area is 205 Å². The Kier molecular flexibility index (Phi) is 8.77. The lowest BCUT2D eigenvalue weighted by Gasteiger charge is -2.44. The van der Waals surface area contributed by atoms with Gasteiger partial charge >= 0.3 is 5.97 Å². The standard InChI is InChI=1S/C28H30O5S/c1-20-25(30-18-22-12-6-3-7-13-22)26(31-19-23-14-8-4-9-15-23)27(33-21(2)29)28(32-20)34-24-16-10-5-11-17-24/h3-17,20,25-28H,18-19H2,1-2H3/t20-,25-,26+,27+,28-/m0/s1. The second-order valence-electron chi connectivity index (χ2n) is 8.24. The van der Waals surface area contributed by atoms with Gasteiger partial charge in [0.1, 0.15) is 17.6 Å². The highest BCUT2D eigenvalue weighted by Crippen LogP contribution is 2.37. The summed E-state index contributed by atoms with van der Waals surface area (Å²) in [6, 6.07) is 29.9. The molecule has 0 aliphatic carbocycles. The Bertz CT molecular complexity index is 1010. The van der Waals surface area contributed by atoms with Gasteiger partial charge in [-0.1, -0.05) is 90.6 Å². The maximum absolute atomic E-state index is 12.1. The lowest BCUT2D eigenvalue weighted by molar-refractivity contribution is -0.237. The smallest absolute Gasteiger partial charge is 0.303 e. The van der Waals surface area contributed by atoms with Gasteiger partial charge in [-0.2, -0.15) is 0 Å². The van der Waals surface area contributed by atoms with Crippen LogP contribution >= 0.6 is 11.8 Å². The number of ether oxygens (including phenoxy) is 4. The van der Waals surface area contributed by atoms with Crippen LogP contribution in [-0.4, -0.2) is 35.8 Å². The molecule has 1 heterocycles. The van der Waals surface area contributed by atoms with Crippen LogP contribution in [0.2, 0.25) is 0 Å². The van der Waals surface area contributed by atoms with Crippen LogP contribution in [0.3, 0.4) is 0 Å². The molecule has 1 fully saturated rings. The molecule has 1 aliphatic rings. The van der Waals surface area contributed by atoms with Crippen molar-refractivity contribution in [2.45, 2.75) is 61.8 Å². The van der Waals surface area contributed by atoms with Crippen molar-refractivity contribution in [2.24, 2.45) is 0 Å². The van der Waals surface area contributed by atoms with Crippen LogP contribution in [0.1, 0.15) is 25.0 Å². The third kappa shape index (κ3) is 6.70. The summed E-state index contributed by atoms with van der Waals surface area (Å²) in [6.45, 7) is 4.19. The zero-order valence-corrected chi connectivity index (χ0v) is 20.2. The molecule has 0 saturated carbocycles. The van der Waals surface area contributed by atoms with E-state index in [1.165, 1.54) is 18.7 Å². The number of benzene rings is 3. The number of thioether (sulfide) groups is 1. The normalized spacial score (nSPS) is 24.5. The van der Waals surface area contributed by atoms with Crippen molar-refractivity contribution in [3.63, 3.8) is 0 Å². The Morgan fingerprint density at radius 2 is 1.26 bits per heavy atom. The molecule has 0 spiro atoms. The molecule has 34 heavy (non-hydrogen) atoms. The summed E-state index contributed by atoms with van der Waals surface area (Å²) >= 11 is 1.53. The highest BCUT2D eigenvalue weighted by molar-refractivity contribution is 7.99. The summed E-state index contributed by atoms with van der Waals surface area (Å²) in [5.41, 5.74) is 1.66. The second kappa shape index (κ2) is 12.2. The lowest BCUT2D eigenvalue weighted by atomic mass is 9.99. The molecule has 6 heteroatoms. The quantitative estimate of drug-likeness (QED) is 0.372. The van der Waals surface area contributed by atoms with Gasteiger partial charge in [-0.3, -0.25) is 4.79 Å². The maximum Gasteiger partial charge on any atom is 0.303 e. The van der Waals surface area contributed by atoms with Crippen LogP contribution in [0.15, 0.2) is 95.9 Å². The summed E-state index contributed by atoms with van der Waals surface area (Å²) < 4.78 is 25.0. The monoisotopic (exact) mass is 478 g/mol. The summed E-state index contributed by atoms with van der Waals surface area (Å²) in [4.78, 5) is 13.1. The van der Waals surface area contributed by atoms with Gasteiger partial charge in [-0.05, 0) is 30.2 Å². The summed E-state index contributed by atoms with van der Waals surface area (Å²) in [5.74, 6) is -0.378. The van der Waals surface area contributed by atoms with Crippen molar-refractivity contribution in [2.75, 3.05) is 0 Å². The lowest BCUT2D eigenvalue weighted by Crippen LogP contribution is -2.58. The van der Waals surface area contributed by atoms with Gasteiger partial charge < -0.3 is 18.9 Å². The molecule has 3 aromatic carbocycles. The van der Waals surface area contributed by atoms with Crippen LogP contribution in [0, 0.1) is 0 Å². The van der Waals surface area contributed by atoms with E-state index in [-0.39, 0.29) is 12.1 Å². The fourth-order valence-corrected chi connectivity index (χ4v) is 5.13. The molecular formula is C28H30O5S. The van der Waals surface area contributed by atoms with Gasteiger partial charge in [-0.15, -0.1) is 0 Å². The van der Waals surface area contributed by atoms with E-state index in [9.17, 15) is 4.79 Å². The van der Waals surface area contributed by atoms with Crippen molar-refractivity contribution in [1.29, 1.82) is 0 Å². The molecule has 0 unspecified atom stereocenters. The molecule has 4 rings (SSSR count). The zero-order valence-electron chi connectivity index (χ0n) is 19.4. The first-order valence-corrected chi connectivity index (χ1v) is 12.3. The molecule has 5 nitrogen and oxygen atoms in total. The van der Waals surface area contributed by atoms with E-state index in [4.69, 9.17) is 18.9 Å². The number of esters is 1. The van der Waals surface area contributed by atoms with Crippen molar-refractivity contribution in [1.82, 2.24) is 0 Å². The first-order valence-electron chi connectivity index (χ1n) is 11.5. The molecule has 178 valence electrons. The molecule has 3 aromatic rings. The Hall–Kier alpha value is -2.64. The topological polar surface area (TPSA) is 54.0 Å². The molecule has 0 aromatic heterocycles. The average Bonchev–Trinajstić information content (AvgIpc) is 2.85. The predicted octanol–water partition coefficient (Wildman–Crippen LogP) is 5.63. The van der Waals surface area contributed by atoms with E-state index < -0.39 is 23.7 Å². The van der Waals surface area contributed by atoms with E-state index in [1.807, 2.05) is 97.9 Å². The third-order valence-corrected chi connectivity index (χ3v) is 6.75. The van der Waals surface area contributed by atoms with E-state index >= 15 is 0 Å². The number of carbonyl (C=O) groups is 1. The largest absolute Gasteiger partial charge is 0.456 e. The Morgan fingerprint density at radius 1 is 0.765 bits per heavy atom. The summed E-state index contributed by atoms with van der Waals surface area (Å²) in [6.07, 6.45) is -1.82. The minimum Gasteiger partial charge on any atom is -0.456 e. The first kappa shape index (κ1) is 24.5. The average molecular weight is 479 g/mol. The van der Waals surface area contributed by atoms with E-state index in [0.717, 1.165) is 16.0 Å². The molecule has 1 saturated heterocycles. The van der Waals surface area contributed by atoms with Crippen LogP contribution in [-0.2, 0) is 37.0 Å². The Balaban J connectivity index is 1.58. The van der Waals surface area contributed by atoms with E-state index in [1.54, 1.807) is 0 Å². The fourth-order valence-electron chi connectivity index (χ4n) is 3.97. The second-order valence-corrected chi connectivity index (χ2v) is 9.41. The Morgan fingerprint density at radius 3 is 1.79 bits per heavy atom. The SMILES string of the molecule is CC(=O)O[C@@H]1[C@H](OCc2ccccc2)[C@@H](OCc2ccccc2)[C@H](C)O[C@H]1Sc1ccccc1. The zero-order chi connectivity index (χ0) is 23.8. The van der Waals surface area contributed by atoms with Gasteiger partial charge in [-0.25, -0.2) is 0 Å². The van der Waals surface area contributed by atoms with Gasteiger partial charge in [0, 0.05) is 11.8 Å². The minimum absolute atomic E-state index is 0.266. The van der Waals surface area contributed by atoms with Gasteiger partial charge in [0.2, 0.25) is 0 Å².